The van der Waals surface area contributed by atoms with Gasteiger partial charge in [-0.3, -0.25) is 0 Å². The van der Waals surface area contributed by atoms with Crippen molar-refractivity contribution in [1.29, 1.82) is 0 Å². The van der Waals surface area contributed by atoms with E-state index in [4.69, 9.17) is 18.0 Å². The minimum Gasteiger partial charge on any atom is -0.389 e. The van der Waals surface area contributed by atoms with Crippen molar-refractivity contribution in [2.24, 2.45) is 5.73 Å². The summed E-state index contributed by atoms with van der Waals surface area (Å²) in [5.41, 5.74) is 9.03. The van der Waals surface area contributed by atoms with Gasteiger partial charge in [0.1, 0.15) is 10.8 Å². The zero-order chi connectivity index (χ0) is 14.1. The van der Waals surface area contributed by atoms with Crippen molar-refractivity contribution in [3.05, 3.63) is 65.7 Å². The smallest absolute Gasteiger partial charge is 0.123 e. The maximum absolute atomic E-state index is 13.4. The molecule has 20 heavy (non-hydrogen) atoms. The van der Waals surface area contributed by atoms with Gasteiger partial charge in [-0.25, -0.2) is 9.37 Å². The second-order valence-corrected chi connectivity index (χ2v) is 4.97. The molecule has 0 radical (unpaired) electrons. The van der Waals surface area contributed by atoms with Gasteiger partial charge in [0, 0.05) is 12.1 Å². The summed E-state index contributed by atoms with van der Waals surface area (Å²) in [6, 6.07) is 12.2. The molecule has 0 aliphatic heterocycles. The van der Waals surface area contributed by atoms with Gasteiger partial charge in [-0.15, -0.1) is 0 Å². The van der Waals surface area contributed by atoms with E-state index in [0.717, 1.165) is 16.6 Å². The maximum Gasteiger partial charge on any atom is 0.123 e. The van der Waals surface area contributed by atoms with Crippen LogP contribution < -0.4 is 5.73 Å². The minimum absolute atomic E-state index is 0.268. The number of nitrogens with two attached hydrogens (primary N) is 1. The van der Waals surface area contributed by atoms with E-state index < -0.39 is 0 Å². The molecule has 0 amide bonds. The Morgan fingerprint density at radius 2 is 2.05 bits per heavy atom. The fourth-order valence-electron chi connectivity index (χ4n) is 2.25. The van der Waals surface area contributed by atoms with E-state index in [1.165, 1.54) is 12.1 Å². The Labute approximate surface area is 120 Å². The molecule has 1 heterocycles. The standard InChI is InChI=1S/C15H12FN3S/c16-11-5-6-12(15(17)20)10(7-11)8-19-9-18-13-3-1-2-4-14(13)19/h1-7,9H,8H2,(H2,17,20). The quantitative estimate of drug-likeness (QED) is 0.753. The van der Waals surface area contributed by atoms with Crippen molar-refractivity contribution in [1.82, 2.24) is 9.55 Å². The number of hydrogen-bond acceptors (Lipinski definition) is 2. The van der Waals surface area contributed by atoms with Crippen molar-refractivity contribution in [2.75, 3.05) is 0 Å². The third kappa shape index (κ3) is 2.28. The topological polar surface area (TPSA) is 43.8 Å². The monoisotopic (exact) mass is 285 g/mol. The molecule has 3 aromatic rings. The van der Waals surface area contributed by atoms with Gasteiger partial charge >= 0.3 is 0 Å². The van der Waals surface area contributed by atoms with Gasteiger partial charge < -0.3 is 10.3 Å². The predicted octanol–water partition coefficient (Wildman–Crippen LogP) is 2.86. The van der Waals surface area contributed by atoms with Crippen molar-refractivity contribution in [2.45, 2.75) is 6.54 Å². The van der Waals surface area contributed by atoms with Crippen molar-refractivity contribution < 1.29 is 4.39 Å². The van der Waals surface area contributed by atoms with E-state index in [1.54, 1.807) is 12.4 Å². The number of fused-ring (bicyclic) bond motifs is 1. The molecule has 0 spiro atoms. The van der Waals surface area contributed by atoms with E-state index >= 15 is 0 Å². The van der Waals surface area contributed by atoms with Gasteiger partial charge in [0.15, 0.2) is 0 Å². The normalized spacial score (nSPS) is 10.8. The molecular weight excluding hydrogens is 273 g/mol. The molecule has 0 saturated heterocycles. The lowest BCUT2D eigenvalue weighted by Gasteiger charge is -2.10. The molecule has 2 aromatic carbocycles. The largest absolute Gasteiger partial charge is 0.389 e. The summed E-state index contributed by atoms with van der Waals surface area (Å²) in [7, 11) is 0. The Morgan fingerprint density at radius 1 is 1.25 bits per heavy atom. The van der Waals surface area contributed by atoms with E-state index in [0.29, 0.717) is 12.1 Å². The van der Waals surface area contributed by atoms with Crippen molar-refractivity contribution >= 4 is 28.2 Å². The Bertz CT molecular complexity index is 795. The second kappa shape index (κ2) is 5.02. The van der Waals surface area contributed by atoms with Crippen LogP contribution in [0, 0.1) is 5.82 Å². The highest BCUT2D eigenvalue weighted by Crippen LogP contribution is 2.17. The molecule has 0 atom stereocenters. The van der Waals surface area contributed by atoms with E-state index in [-0.39, 0.29) is 10.8 Å². The first-order valence-electron chi connectivity index (χ1n) is 6.13. The van der Waals surface area contributed by atoms with Crippen molar-refractivity contribution in [3.8, 4) is 0 Å². The molecule has 0 unspecified atom stereocenters. The average molecular weight is 285 g/mol. The molecule has 0 aliphatic rings. The Balaban J connectivity index is 2.07. The molecule has 0 aliphatic carbocycles. The number of hydrogen-bond donors (Lipinski definition) is 1. The predicted molar refractivity (Wildman–Crippen MR) is 81.1 cm³/mol. The number of halogens is 1. The summed E-state index contributed by atoms with van der Waals surface area (Å²) >= 11 is 5.01. The molecule has 0 fully saturated rings. The van der Waals surface area contributed by atoms with Gasteiger partial charge in [-0.1, -0.05) is 24.4 Å². The number of imidazole rings is 1. The minimum atomic E-state index is -0.301. The molecule has 100 valence electrons. The van der Waals surface area contributed by atoms with Crippen LogP contribution in [0.5, 0.6) is 0 Å². The number of benzene rings is 2. The molecule has 2 N–H and O–H groups in total. The average Bonchev–Trinajstić information content (AvgIpc) is 2.82. The molecule has 3 rings (SSSR count). The number of thiocarbonyl (C=S) groups is 1. The van der Waals surface area contributed by atoms with Crippen LogP contribution in [0.1, 0.15) is 11.1 Å². The summed E-state index contributed by atoms with van der Waals surface area (Å²) in [6.45, 7) is 0.477. The lowest BCUT2D eigenvalue weighted by atomic mass is 10.1. The lowest BCUT2D eigenvalue weighted by Crippen LogP contribution is -2.14. The van der Waals surface area contributed by atoms with Gasteiger partial charge in [-0.05, 0) is 35.9 Å². The number of para-hydroxylation sites is 2. The highest BCUT2D eigenvalue weighted by atomic mass is 32.1. The lowest BCUT2D eigenvalue weighted by molar-refractivity contribution is 0.623. The highest BCUT2D eigenvalue weighted by Gasteiger charge is 2.09. The molecule has 0 saturated carbocycles. The zero-order valence-corrected chi connectivity index (χ0v) is 11.4. The second-order valence-electron chi connectivity index (χ2n) is 4.53. The summed E-state index contributed by atoms with van der Waals surface area (Å²) in [5.74, 6) is -0.301. The van der Waals surface area contributed by atoms with Crippen LogP contribution in [-0.2, 0) is 6.54 Å². The van der Waals surface area contributed by atoms with Crippen LogP contribution in [0.2, 0.25) is 0 Å². The summed E-state index contributed by atoms with van der Waals surface area (Å²) in [4.78, 5) is 4.58. The number of nitrogens with zero attached hydrogens (tertiary/aromatic N) is 2. The Kier molecular flexibility index (Phi) is 3.20. The first-order valence-corrected chi connectivity index (χ1v) is 6.54. The van der Waals surface area contributed by atoms with Crippen LogP contribution in [0.4, 0.5) is 4.39 Å². The van der Waals surface area contributed by atoms with Gasteiger partial charge in [0.2, 0.25) is 0 Å². The maximum atomic E-state index is 13.4. The van der Waals surface area contributed by atoms with Gasteiger partial charge in [-0.2, -0.15) is 0 Å². The van der Waals surface area contributed by atoms with Crippen LogP contribution in [0.25, 0.3) is 11.0 Å². The van der Waals surface area contributed by atoms with Gasteiger partial charge in [0.05, 0.1) is 17.4 Å². The Hall–Kier alpha value is -2.27. The van der Waals surface area contributed by atoms with E-state index in [2.05, 4.69) is 4.98 Å². The third-order valence-electron chi connectivity index (χ3n) is 3.20. The number of aromatic nitrogens is 2. The fraction of sp³-hybridized carbons (Fsp3) is 0.0667. The molecular formula is C15H12FN3S. The first kappa shape index (κ1) is 12.7. The third-order valence-corrected chi connectivity index (χ3v) is 3.42. The molecule has 1 aromatic heterocycles. The SMILES string of the molecule is NC(=S)c1ccc(F)cc1Cn1cnc2ccccc21. The molecule has 0 bridgehead atoms. The van der Waals surface area contributed by atoms with E-state index in [9.17, 15) is 4.39 Å². The van der Waals surface area contributed by atoms with Crippen LogP contribution >= 0.6 is 12.2 Å². The van der Waals surface area contributed by atoms with Crippen LogP contribution in [0.3, 0.4) is 0 Å². The highest BCUT2D eigenvalue weighted by molar-refractivity contribution is 7.80. The zero-order valence-electron chi connectivity index (χ0n) is 10.6. The summed E-state index contributed by atoms with van der Waals surface area (Å²) in [5, 5.41) is 0. The van der Waals surface area contributed by atoms with Crippen LogP contribution in [0.15, 0.2) is 48.8 Å². The van der Waals surface area contributed by atoms with Crippen molar-refractivity contribution in [3.63, 3.8) is 0 Å². The van der Waals surface area contributed by atoms with E-state index in [1.807, 2.05) is 28.8 Å². The van der Waals surface area contributed by atoms with Gasteiger partial charge in [0.25, 0.3) is 0 Å². The Morgan fingerprint density at radius 3 is 2.85 bits per heavy atom. The molecule has 5 heteroatoms. The first-order chi connectivity index (χ1) is 9.65. The summed E-state index contributed by atoms with van der Waals surface area (Å²) in [6.07, 6.45) is 1.74. The summed E-state index contributed by atoms with van der Waals surface area (Å²) < 4.78 is 15.4. The number of rotatable bonds is 3. The fourth-order valence-corrected chi connectivity index (χ4v) is 2.45. The van der Waals surface area contributed by atoms with Crippen LogP contribution in [-0.4, -0.2) is 14.5 Å². The molecule has 3 nitrogen and oxygen atoms in total.